The smallest absolute Gasteiger partial charge is 0.338 e. The summed E-state index contributed by atoms with van der Waals surface area (Å²) in [4.78, 5) is 18.6. The van der Waals surface area contributed by atoms with Crippen LogP contribution in [0.1, 0.15) is 34.0 Å². The van der Waals surface area contributed by atoms with Crippen LogP contribution in [0.15, 0.2) is 35.3 Å². The lowest BCUT2D eigenvalue weighted by molar-refractivity contribution is 0.0468. The average molecular weight is 377 g/mol. The van der Waals surface area contributed by atoms with E-state index in [4.69, 9.17) is 16.3 Å². The van der Waals surface area contributed by atoms with Crippen molar-refractivity contribution < 1.29 is 13.9 Å². The van der Waals surface area contributed by atoms with Crippen LogP contribution >= 0.6 is 11.6 Å². The van der Waals surface area contributed by atoms with Crippen molar-refractivity contribution in [2.75, 3.05) is 13.6 Å². The molecule has 2 aromatic carbocycles. The summed E-state index contributed by atoms with van der Waals surface area (Å²) < 4.78 is 19.1. The summed E-state index contributed by atoms with van der Waals surface area (Å²) in [6.45, 7) is 6.27. The summed E-state index contributed by atoms with van der Waals surface area (Å²) in [5.41, 5.74) is 2.74. The number of aryl methyl sites for hydroxylation is 2. The summed E-state index contributed by atoms with van der Waals surface area (Å²) in [5.74, 6) is -0.942. The van der Waals surface area contributed by atoms with E-state index < -0.39 is 11.8 Å². The van der Waals surface area contributed by atoms with Crippen LogP contribution < -0.4 is 0 Å². The number of halogens is 2. The molecule has 26 heavy (non-hydrogen) atoms. The van der Waals surface area contributed by atoms with Crippen LogP contribution in [-0.4, -0.2) is 30.8 Å². The molecule has 0 N–H and O–H groups in total. The fourth-order valence-electron chi connectivity index (χ4n) is 2.22. The maximum atomic E-state index is 13.8. The molecule has 0 saturated heterocycles. The Bertz CT molecular complexity index is 837. The van der Waals surface area contributed by atoms with E-state index in [1.807, 2.05) is 18.9 Å². The molecule has 0 amide bonds. The Morgan fingerprint density at radius 1 is 1.31 bits per heavy atom. The number of hydrogen-bond donors (Lipinski definition) is 0. The maximum Gasteiger partial charge on any atom is 0.338 e. The van der Waals surface area contributed by atoms with Crippen LogP contribution in [-0.2, 0) is 11.3 Å². The van der Waals surface area contributed by atoms with E-state index >= 15 is 0 Å². The van der Waals surface area contributed by atoms with Crippen molar-refractivity contribution in [3.8, 4) is 0 Å². The third kappa shape index (κ3) is 5.05. The van der Waals surface area contributed by atoms with Crippen LogP contribution in [0.2, 0.25) is 5.02 Å². The molecule has 0 unspecified atom stereocenters. The van der Waals surface area contributed by atoms with E-state index in [0.29, 0.717) is 27.4 Å². The second-order valence-electron chi connectivity index (χ2n) is 6.11. The zero-order valence-corrected chi connectivity index (χ0v) is 16.1. The number of aliphatic imine (C=N–C) groups is 1. The largest absolute Gasteiger partial charge is 0.457 e. The van der Waals surface area contributed by atoms with Gasteiger partial charge in [-0.2, -0.15) is 0 Å². The molecule has 0 aliphatic heterocycles. The maximum absolute atomic E-state index is 13.8. The summed E-state index contributed by atoms with van der Waals surface area (Å²) in [7, 11) is 1.90. The van der Waals surface area contributed by atoms with Crippen molar-refractivity contribution >= 4 is 29.6 Å². The average Bonchev–Trinajstić information content (AvgIpc) is 2.60. The second-order valence-corrected chi connectivity index (χ2v) is 6.51. The van der Waals surface area contributed by atoms with E-state index in [1.54, 1.807) is 38.4 Å². The molecule has 0 aliphatic rings. The van der Waals surface area contributed by atoms with Gasteiger partial charge in [-0.25, -0.2) is 14.2 Å². The lowest BCUT2D eigenvalue weighted by Crippen LogP contribution is -2.14. The highest BCUT2D eigenvalue weighted by molar-refractivity contribution is 6.33. The van der Waals surface area contributed by atoms with Crippen LogP contribution in [0.3, 0.4) is 0 Å². The second kappa shape index (κ2) is 8.81. The van der Waals surface area contributed by atoms with Gasteiger partial charge in [-0.15, -0.1) is 0 Å². The molecule has 0 bridgehead atoms. The predicted molar refractivity (Wildman–Crippen MR) is 103 cm³/mol. The summed E-state index contributed by atoms with van der Waals surface area (Å²) >= 11 is 6.23. The minimum Gasteiger partial charge on any atom is -0.457 e. The van der Waals surface area contributed by atoms with Crippen molar-refractivity contribution in [1.29, 1.82) is 0 Å². The number of carbonyl (C=O) groups is 1. The Hall–Kier alpha value is -2.40. The molecular formula is C20H22ClFN2O2. The highest BCUT2D eigenvalue weighted by Crippen LogP contribution is 2.29. The molecule has 0 spiro atoms. The first-order chi connectivity index (χ1) is 12.3. The quantitative estimate of drug-likeness (QED) is 0.402. The molecule has 0 fully saturated rings. The minimum atomic E-state index is -0.550. The van der Waals surface area contributed by atoms with Crippen LogP contribution in [0.5, 0.6) is 0 Å². The van der Waals surface area contributed by atoms with E-state index in [9.17, 15) is 9.18 Å². The topological polar surface area (TPSA) is 41.9 Å². The number of hydrogen-bond acceptors (Lipinski definition) is 3. The van der Waals surface area contributed by atoms with Crippen LogP contribution in [0.25, 0.3) is 0 Å². The standard InChI is InChI=1S/C20H22ClFN2O2/c1-5-24(4)12-23-19-9-14(3)16(10-17(19)21)20(25)26-11-15-7-6-13(2)8-18(15)22/h6-10,12H,5,11H2,1-4H3/b23-12+. The highest BCUT2D eigenvalue weighted by Gasteiger charge is 2.15. The van der Waals surface area contributed by atoms with Gasteiger partial charge >= 0.3 is 5.97 Å². The lowest BCUT2D eigenvalue weighted by Gasteiger charge is -2.11. The number of esters is 1. The van der Waals surface area contributed by atoms with E-state index in [-0.39, 0.29) is 6.61 Å². The van der Waals surface area contributed by atoms with Gasteiger partial charge in [0, 0.05) is 19.2 Å². The molecule has 0 atom stereocenters. The Balaban J connectivity index is 2.13. The van der Waals surface area contributed by atoms with Crippen molar-refractivity contribution in [2.24, 2.45) is 4.99 Å². The Kier molecular flexibility index (Phi) is 6.75. The van der Waals surface area contributed by atoms with Crippen LogP contribution in [0, 0.1) is 19.7 Å². The number of carbonyl (C=O) groups excluding carboxylic acids is 1. The van der Waals surface area contributed by atoms with Crippen molar-refractivity contribution in [1.82, 2.24) is 4.90 Å². The molecule has 0 heterocycles. The molecule has 138 valence electrons. The molecule has 0 saturated carbocycles. The van der Waals surface area contributed by atoms with Gasteiger partial charge in [0.1, 0.15) is 12.4 Å². The molecule has 6 heteroatoms. The van der Waals surface area contributed by atoms with Gasteiger partial charge < -0.3 is 9.64 Å². The summed E-state index contributed by atoms with van der Waals surface area (Å²) in [6.07, 6.45) is 1.68. The lowest BCUT2D eigenvalue weighted by atomic mass is 10.1. The Morgan fingerprint density at radius 2 is 2.04 bits per heavy atom. The minimum absolute atomic E-state index is 0.136. The molecule has 2 rings (SSSR count). The molecule has 0 aromatic heterocycles. The Labute approximate surface area is 158 Å². The zero-order chi connectivity index (χ0) is 19.3. The molecular weight excluding hydrogens is 355 g/mol. The SMILES string of the molecule is CCN(C)/C=N/c1cc(C)c(C(=O)OCc2ccc(C)cc2F)cc1Cl. The third-order valence-corrected chi connectivity index (χ3v) is 4.28. The first kappa shape index (κ1) is 19.9. The van der Waals surface area contributed by atoms with Gasteiger partial charge in [0.25, 0.3) is 0 Å². The molecule has 2 aromatic rings. The fourth-order valence-corrected chi connectivity index (χ4v) is 2.43. The number of nitrogens with zero attached hydrogens (tertiary/aromatic N) is 2. The van der Waals surface area contributed by atoms with E-state index in [2.05, 4.69) is 4.99 Å². The first-order valence-corrected chi connectivity index (χ1v) is 8.66. The molecule has 4 nitrogen and oxygen atoms in total. The zero-order valence-electron chi connectivity index (χ0n) is 15.3. The normalized spacial score (nSPS) is 11.0. The number of benzene rings is 2. The number of ether oxygens (including phenoxy) is 1. The van der Waals surface area contributed by atoms with Crippen molar-refractivity contribution in [3.63, 3.8) is 0 Å². The first-order valence-electron chi connectivity index (χ1n) is 8.28. The van der Waals surface area contributed by atoms with Gasteiger partial charge in [-0.1, -0.05) is 23.7 Å². The molecule has 0 aliphatic carbocycles. The monoisotopic (exact) mass is 376 g/mol. The van der Waals surface area contributed by atoms with Gasteiger partial charge in [-0.3, -0.25) is 0 Å². The van der Waals surface area contributed by atoms with Gasteiger partial charge in [-0.05, 0) is 50.1 Å². The summed E-state index contributed by atoms with van der Waals surface area (Å²) in [6, 6.07) is 8.05. The Morgan fingerprint density at radius 3 is 2.69 bits per heavy atom. The van der Waals surface area contributed by atoms with E-state index in [1.165, 1.54) is 12.1 Å². The predicted octanol–water partition coefficient (Wildman–Crippen LogP) is 5.06. The van der Waals surface area contributed by atoms with Gasteiger partial charge in [0.05, 0.1) is 22.6 Å². The number of rotatable bonds is 6. The van der Waals surface area contributed by atoms with Gasteiger partial charge in [0.15, 0.2) is 0 Å². The molecule has 0 radical (unpaired) electrons. The van der Waals surface area contributed by atoms with E-state index in [0.717, 1.165) is 12.1 Å². The summed E-state index contributed by atoms with van der Waals surface area (Å²) in [5, 5.41) is 0.352. The van der Waals surface area contributed by atoms with Crippen molar-refractivity contribution in [2.45, 2.75) is 27.4 Å². The highest BCUT2D eigenvalue weighted by atomic mass is 35.5. The van der Waals surface area contributed by atoms with Crippen molar-refractivity contribution in [3.05, 3.63) is 63.4 Å². The fraction of sp³-hybridized carbons (Fsp3) is 0.300. The van der Waals surface area contributed by atoms with Crippen LogP contribution in [0.4, 0.5) is 10.1 Å². The van der Waals surface area contributed by atoms with Gasteiger partial charge in [0.2, 0.25) is 0 Å². The third-order valence-electron chi connectivity index (χ3n) is 3.97.